The Bertz CT molecular complexity index is 1120. The van der Waals surface area contributed by atoms with Crippen molar-refractivity contribution in [3.63, 3.8) is 0 Å². The van der Waals surface area contributed by atoms with Crippen molar-refractivity contribution in [1.82, 2.24) is 29.4 Å². The van der Waals surface area contributed by atoms with Gasteiger partial charge in [0.2, 0.25) is 11.7 Å². The number of thioether (sulfide) groups is 1. The molecule has 4 rings (SSSR count). The molecule has 0 spiro atoms. The van der Waals surface area contributed by atoms with Crippen molar-refractivity contribution in [3.8, 4) is 0 Å². The van der Waals surface area contributed by atoms with E-state index in [2.05, 4.69) is 22.4 Å². The van der Waals surface area contributed by atoms with Gasteiger partial charge in [0, 0.05) is 19.6 Å². The highest BCUT2D eigenvalue weighted by molar-refractivity contribution is 7.99. The topological polar surface area (TPSA) is 102 Å². The van der Waals surface area contributed by atoms with Crippen LogP contribution in [-0.2, 0) is 11.3 Å². The van der Waals surface area contributed by atoms with E-state index in [0.29, 0.717) is 41.5 Å². The van der Waals surface area contributed by atoms with Crippen LogP contribution >= 0.6 is 11.8 Å². The first-order valence-corrected chi connectivity index (χ1v) is 10.2. The average molecular weight is 400 g/mol. The van der Waals surface area contributed by atoms with Crippen LogP contribution in [0.5, 0.6) is 0 Å². The number of nitrogens with one attached hydrogen (secondary N) is 1. The molecule has 0 unspecified atom stereocenters. The van der Waals surface area contributed by atoms with Crippen molar-refractivity contribution < 1.29 is 9.59 Å². The third-order valence-electron chi connectivity index (χ3n) is 4.70. The highest BCUT2D eigenvalue weighted by atomic mass is 32.2. The van der Waals surface area contributed by atoms with E-state index in [1.54, 1.807) is 10.6 Å². The fourth-order valence-electron chi connectivity index (χ4n) is 3.26. The zero-order chi connectivity index (χ0) is 19.7. The van der Waals surface area contributed by atoms with Gasteiger partial charge < -0.3 is 5.32 Å². The summed E-state index contributed by atoms with van der Waals surface area (Å²) in [4.78, 5) is 38.1. The first kappa shape index (κ1) is 18.5. The molecule has 1 aromatic carbocycles. The van der Waals surface area contributed by atoms with Crippen LogP contribution in [0, 0.1) is 0 Å². The third kappa shape index (κ3) is 3.13. The second-order valence-corrected chi connectivity index (χ2v) is 7.45. The normalized spacial score (nSPS) is 14.2. The van der Waals surface area contributed by atoms with E-state index in [1.807, 2.05) is 22.6 Å². The lowest BCUT2D eigenvalue weighted by atomic mass is 10.2. The molecule has 0 radical (unpaired) electrons. The number of para-hydroxylation sites is 1. The monoisotopic (exact) mass is 400 g/mol. The number of imide groups is 1. The van der Waals surface area contributed by atoms with Gasteiger partial charge in [0.1, 0.15) is 0 Å². The molecule has 1 aliphatic heterocycles. The lowest BCUT2D eigenvalue weighted by molar-refractivity contribution is -0.124. The molecule has 146 valence electrons. The summed E-state index contributed by atoms with van der Waals surface area (Å²) in [6.07, 6.45) is 1.80. The molecule has 28 heavy (non-hydrogen) atoms. The van der Waals surface area contributed by atoms with E-state index in [9.17, 15) is 14.4 Å². The van der Waals surface area contributed by atoms with Crippen molar-refractivity contribution in [3.05, 3.63) is 34.6 Å². The predicted molar refractivity (Wildman–Crippen MR) is 105 cm³/mol. The second kappa shape index (κ2) is 7.63. The highest BCUT2D eigenvalue weighted by Gasteiger charge is 2.26. The smallest absolute Gasteiger partial charge is 0.324 e. The molecule has 3 heterocycles. The van der Waals surface area contributed by atoms with Gasteiger partial charge in [0.15, 0.2) is 5.16 Å². The highest BCUT2D eigenvalue weighted by Crippen LogP contribution is 2.22. The first-order valence-electron chi connectivity index (χ1n) is 9.19. The number of unbranched alkanes of at least 4 members (excludes halogenated alkanes) is 1. The van der Waals surface area contributed by atoms with Crippen molar-refractivity contribution in [2.24, 2.45) is 0 Å². The SMILES string of the molecule is CCCCn1c(=O)c2ccccc2n2c(SCC(=O)N3CCNC3=O)nnc12. The van der Waals surface area contributed by atoms with Crippen LogP contribution in [0.3, 0.4) is 0 Å². The van der Waals surface area contributed by atoms with Crippen molar-refractivity contribution in [2.75, 3.05) is 18.8 Å². The van der Waals surface area contributed by atoms with E-state index >= 15 is 0 Å². The standard InChI is InChI=1S/C18H20N6O3S/c1-2-3-9-23-15(26)12-6-4-5-7-13(12)24-16(23)20-21-18(24)28-11-14(25)22-10-8-19-17(22)27/h4-7H,2-3,8-11H2,1H3,(H,19,27). The molecule has 0 saturated carbocycles. The number of carbonyl (C=O) groups excluding carboxylic acids is 2. The van der Waals surface area contributed by atoms with Gasteiger partial charge in [-0.15, -0.1) is 10.2 Å². The van der Waals surface area contributed by atoms with Gasteiger partial charge >= 0.3 is 6.03 Å². The Morgan fingerprint density at radius 1 is 1.25 bits per heavy atom. The number of aromatic nitrogens is 4. The number of benzene rings is 1. The minimum Gasteiger partial charge on any atom is -0.336 e. The summed E-state index contributed by atoms with van der Waals surface area (Å²) in [5.41, 5.74) is 0.611. The quantitative estimate of drug-likeness (QED) is 0.629. The Labute approximate surface area is 164 Å². The average Bonchev–Trinajstić information content (AvgIpc) is 3.32. The summed E-state index contributed by atoms with van der Waals surface area (Å²) in [5.74, 6) is 0.253. The molecule has 2 aromatic heterocycles. The predicted octanol–water partition coefficient (Wildman–Crippen LogP) is 1.49. The molecule has 1 saturated heterocycles. The minimum atomic E-state index is -0.365. The second-order valence-electron chi connectivity index (χ2n) is 6.51. The maximum absolute atomic E-state index is 12.9. The fraction of sp³-hybridized carbons (Fsp3) is 0.389. The fourth-order valence-corrected chi connectivity index (χ4v) is 4.07. The van der Waals surface area contributed by atoms with E-state index in [1.165, 1.54) is 16.7 Å². The molecular formula is C18H20N6O3S. The van der Waals surface area contributed by atoms with Gasteiger partial charge in [-0.3, -0.25) is 23.5 Å². The van der Waals surface area contributed by atoms with Crippen LogP contribution in [0.1, 0.15) is 19.8 Å². The summed E-state index contributed by atoms with van der Waals surface area (Å²) in [7, 11) is 0. The number of hydrogen-bond acceptors (Lipinski definition) is 6. The van der Waals surface area contributed by atoms with Gasteiger partial charge in [0.25, 0.3) is 5.56 Å². The summed E-state index contributed by atoms with van der Waals surface area (Å²) >= 11 is 1.21. The number of fused-ring (bicyclic) bond motifs is 3. The van der Waals surface area contributed by atoms with Crippen LogP contribution in [0.2, 0.25) is 0 Å². The van der Waals surface area contributed by atoms with E-state index in [4.69, 9.17) is 0 Å². The number of aryl methyl sites for hydroxylation is 1. The summed E-state index contributed by atoms with van der Waals surface area (Å²) in [6.45, 7) is 3.46. The molecule has 10 heteroatoms. The van der Waals surface area contributed by atoms with Gasteiger partial charge in [-0.25, -0.2) is 4.79 Å². The molecule has 1 fully saturated rings. The Kier molecular flexibility index (Phi) is 5.03. The van der Waals surface area contributed by atoms with Gasteiger partial charge in [-0.1, -0.05) is 37.2 Å². The minimum absolute atomic E-state index is 0.0661. The zero-order valence-electron chi connectivity index (χ0n) is 15.4. The molecule has 0 atom stereocenters. The van der Waals surface area contributed by atoms with Crippen LogP contribution in [0.4, 0.5) is 4.79 Å². The Hall–Kier alpha value is -2.88. The van der Waals surface area contributed by atoms with Crippen LogP contribution in [0.15, 0.2) is 34.2 Å². The Morgan fingerprint density at radius 3 is 2.82 bits per heavy atom. The lowest BCUT2D eigenvalue weighted by Gasteiger charge is -2.12. The van der Waals surface area contributed by atoms with Gasteiger partial charge in [0.05, 0.1) is 16.7 Å². The molecule has 1 aliphatic rings. The summed E-state index contributed by atoms with van der Waals surface area (Å²) in [5, 5.41) is 12.2. The number of carbonyl (C=O) groups is 2. The lowest BCUT2D eigenvalue weighted by Crippen LogP contribution is -2.35. The van der Waals surface area contributed by atoms with Crippen molar-refractivity contribution >= 4 is 40.4 Å². The third-order valence-corrected chi connectivity index (χ3v) is 5.61. The molecule has 0 bridgehead atoms. The molecule has 9 nitrogen and oxygen atoms in total. The van der Waals surface area contributed by atoms with Gasteiger partial charge in [-0.2, -0.15) is 0 Å². The number of urea groups is 1. The molecule has 1 N–H and O–H groups in total. The Morgan fingerprint density at radius 2 is 2.07 bits per heavy atom. The molecule has 0 aliphatic carbocycles. The van der Waals surface area contributed by atoms with Crippen LogP contribution < -0.4 is 10.9 Å². The van der Waals surface area contributed by atoms with E-state index < -0.39 is 0 Å². The zero-order valence-corrected chi connectivity index (χ0v) is 16.2. The molecule has 3 amide bonds. The number of nitrogens with zero attached hydrogens (tertiary/aromatic N) is 5. The van der Waals surface area contributed by atoms with Crippen LogP contribution in [-0.4, -0.2) is 54.8 Å². The van der Waals surface area contributed by atoms with Gasteiger partial charge in [-0.05, 0) is 18.6 Å². The summed E-state index contributed by atoms with van der Waals surface area (Å²) < 4.78 is 3.45. The maximum atomic E-state index is 12.9. The van der Waals surface area contributed by atoms with Crippen LogP contribution in [0.25, 0.3) is 16.7 Å². The first-order chi connectivity index (χ1) is 13.6. The van der Waals surface area contributed by atoms with Crippen molar-refractivity contribution in [2.45, 2.75) is 31.5 Å². The van der Waals surface area contributed by atoms with E-state index in [-0.39, 0.29) is 23.3 Å². The summed E-state index contributed by atoms with van der Waals surface area (Å²) in [6, 6.07) is 6.94. The number of amides is 3. The number of rotatable bonds is 6. The largest absolute Gasteiger partial charge is 0.336 e. The molecule has 3 aromatic rings. The Balaban J connectivity index is 1.73. The van der Waals surface area contributed by atoms with Crippen molar-refractivity contribution in [1.29, 1.82) is 0 Å². The molecular weight excluding hydrogens is 380 g/mol. The van der Waals surface area contributed by atoms with E-state index in [0.717, 1.165) is 12.8 Å². The maximum Gasteiger partial charge on any atom is 0.324 e. The number of hydrogen-bond donors (Lipinski definition) is 1.